The molecule has 3 rings (SSSR count). The summed E-state index contributed by atoms with van der Waals surface area (Å²) in [6, 6.07) is 6.80. The number of allylic oxidation sites excluding steroid dienone is 1. The number of carbonyl (C=O) groups excluding carboxylic acids is 2. The molecule has 0 bridgehead atoms. The van der Waals surface area contributed by atoms with Gasteiger partial charge in [-0.3, -0.25) is 9.59 Å². The molecule has 0 aliphatic heterocycles. The lowest BCUT2D eigenvalue weighted by Crippen LogP contribution is -2.24. The van der Waals surface area contributed by atoms with E-state index in [9.17, 15) is 14.7 Å². The molecule has 0 saturated heterocycles. The molecule has 1 aromatic rings. The molecule has 0 amide bonds. The van der Waals surface area contributed by atoms with Crippen molar-refractivity contribution >= 4 is 17.3 Å². The number of benzene rings is 1. The van der Waals surface area contributed by atoms with Crippen molar-refractivity contribution < 1.29 is 14.7 Å². The number of fused-ring (bicyclic) bond motifs is 1. The smallest absolute Gasteiger partial charge is 0.234 e. The zero-order valence-corrected chi connectivity index (χ0v) is 14.2. The molecular weight excluding hydrogens is 300 g/mol. The average Bonchev–Trinajstić information content (AvgIpc) is 2.63. The molecule has 128 valence electrons. The van der Waals surface area contributed by atoms with Crippen LogP contribution in [0.3, 0.4) is 0 Å². The molecule has 24 heavy (non-hydrogen) atoms. The molecule has 0 heterocycles. The summed E-state index contributed by atoms with van der Waals surface area (Å²) in [5, 5.41) is 10.4. The highest BCUT2D eigenvalue weighted by Gasteiger charge is 2.31. The van der Waals surface area contributed by atoms with Crippen LogP contribution in [-0.2, 0) is 4.79 Å². The second kappa shape index (κ2) is 7.78. The molecule has 0 radical (unpaired) electrons. The molecule has 3 nitrogen and oxygen atoms in total. The van der Waals surface area contributed by atoms with Crippen LogP contribution >= 0.6 is 0 Å². The van der Waals surface area contributed by atoms with Gasteiger partial charge < -0.3 is 5.11 Å². The van der Waals surface area contributed by atoms with Crippen molar-refractivity contribution in [2.24, 2.45) is 5.92 Å². The number of rotatable bonds is 6. The SMILES string of the molecule is O=C1C(=O)c2ccccc2C(O)=C1CCCCCC1CCCCC1. The summed E-state index contributed by atoms with van der Waals surface area (Å²) in [6.45, 7) is 0. The van der Waals surface area contributed by atoms with Crippen molar-refractivity contribution in [2.75, 3.05) is 0 Å². The molecule has 3 heteroatoms. The van der Waals surface area contributed by atoms with E-state index >= 15 is 0 Å². The molecule has 1 aromatic carbocycles. The average molecular weight is 326 g/mol. The van der Waals surface area contributed by atoms with Gasteiger partial charge in [-0.15, -0.1) is 0 Å². The number of carbonyl (C=O) groups is 2. The summed E-state index contributed by atoms with van der Waals surface area (Å²) in [4.78, 5) is 24.4. The Balaban J connectivity index is 1.54. The quantitative estimate of drug-likeness (QED) is 0.573. The summed E-state index contributed by atoms with van der Waals surface area (Å²) in [6.07, 6.45) is 11.7. The first kappa shape index (κ1) is 16.9. The van der Waals surface area contributed by atoms with E-state index in [1.807, 2.05) is 0 Å². The number of aliphatic hydroxyl groups is 1. The third kappa shape index (κ3) is 3.61. The summed E-state index contributed by atoms with van der Waals surface area (Å²) in [7, 11) is 0. The van der Waals surface area contributed by atoms with Gasteiger partial charge in [0.1, 0.15) is 5.76 Å². The predicted molar refractivity (Wildman–Crippen MR) is 95.0 cm³/mol. The number of Topliss-reactive ketones (excluding diaryl/α,β-unsaturated/α-hetero) is 2. The molecule has 0 aromatic heterocycles. The van der Waals surface area contributed by atoms with Crippen LogP contribution in [0.1, 0.15) is 80.1 Å². The number of hydrogen-bond acceptors (Lipinski definition) is 3. The second-order valence-electron chi connectivity index (χ2n) is 7.13. The van der Waals surface area contributed by atoms with Crippen LogP contribution in [0.15, 0.2) is 29.8 Å². The minimum atomic E-state index is -0.529. The Labute approximate surface area is 143 Å². The van der Waals surface area contributed by atoms with Crippen LogP contribution in [0.25, 0.3) is 5.76 Å². The maximum absolute atomic E-state index is 12.2. The molecule has 0 spiro atoms. The summed E-state index contributed by atoms with van der Waals surface area (Å²) in [5.74, 6) is -0.127. The van der Waals surface area contributed by atoms with Crippen LogP contribution < -0.4 is 0 Å². The molecule has 1 fully saturated rings. The molecule has 0 atom stereocenters. The highest BCUT2D eigenvalue weighted by molar-refractivity contribution is 6.52. The lowest BCUT2D eigenvalue weighted by Gasteiger charge is -2.21. The largest absolute Gasteiger partial charge is 0.507 e. The fourth-order valence-corrected chi connectivity index (χ4v) is 4.04. The van der Waals surface area contributed by atoms with Gasteiger partial charge in [0.2, 0.25) is 11.6 Å². The first-order valence-electron chi connectivity index (χ1n) is 9.29. The van der Waals surface area contributed by atoms with E-state index in [0.717, 1.165) is 18.8 Å². The van der Waals surface area contributed by atoms with Gasteiger partial charge in [0.05, 0.1) is 0 Å². The van der Waals surface area contributed by atoms with Gasteiger partial charge in [0, 0.05) is 16.7 Å². The van der Waals surface area contributed by atoms with Gasteiger partial charge in [-0.1, -0.05) is 75.6 Å². The standard InChI is InChI=1S/C21H26O3/c22-19-16-12-7-8-13-17(16)20(23)21(24)18(19)14-6-2-5-11-15-9-3-1-4-10-15/h7-8,12-13,15,22H,1-6,9-11,14H2. The van der Waals surface area contributed by atoms with Crippen LogP contribution in [0, 0.1) is 5.92 Å². The summed E-state index contributed by atoms with van der Waals surface area (Å²) < 4.78 is 0. The highest BCUT2D eigenvalue weighted by atomic mass is 16.3. The van der Waals surface area contributed by atoms with Crippen molar-refractivity contribution in [3.8, 4) is 0 Å². The van der Waals surface area contributed by atoms with E-state index in [0.29, 0.717) is 23.1 Å². The molecule has 2 aliphatic carbocycles. The fourth-order valence-electron chi connectivity index (χ4n) is 4.04. The number of aliphatic hydroxyl groups excluding tert-OH is 1. The summed E-state index contributed by atoms with van der Waals surface area (Å²) in [5.41, 5.74) is 1.12. The monoisotopic (exact) mass is 326 g/mol. The van der Waals surface area contributed by atoms with E-state index in [1.165, 1.54) is 44.9 Å². The summed E-state index contributed by atoms with van der Waals surface area (Å²) >= 11 is 0. The van der Waals surface area contributed by atoms with Crippen molar-refractivity contribution in [3.05, 3.63) is 41.0 Å². The molecule has 0 unspecified atom stereocenters. The highest BCUT2D eigenvalue weighted by Crippen LogP contribution is 2.31. The Morgan fingerprint density at radius 1 is 0.875 bits per heavy atom. The Hall–Kier alpha value is -1.90. The molecular formula is C21H26O3. The Bertz CT molecular complexity index is 651. The third-order valence-corrected chi connectivity index (χ3v) is 5.46. The van der Waals surface area contributed by atoms with E-state index in [2.05, 4.69) is 0 Å². The zero-order valence-electron chi connectivity index (χ0n) is 14.2. The lowest BCUT2D eigenvalue weighted by molar-refractivity contribution is -0.112. The second-order valence-corrected chi connectivity index (χ2v) is 7.13. The topological polar surface area (TPSA) is 54.4 Å². The van der Waals surface area contributed by atoms with Crippen LogP contribution in [0.5, 0.6) is 0 Å². The predicted octanol–water partition coefficient (Wildman–Crippen LogP) is 5.25. The fraction of sp³-hybridized carbons (Fsp3) is 0.524. The van der Waals surface area contributed by atoms with E-state index in [1.54, 1.807) is 24.3 Å². The van der Waals surface area contributed by atoms with Gasteiger partial charge >= 0.3 is 0 Å². The van der Waals surface area contributed by atoms with Crippen molar-refractivity contribution in [3.63, 3.8) is 0 Å². The van der Waals surface area contributed by atoms with Crippen molar-refractivity contribution in [1.29, 1.82) is 0 Å². The van der Waals surface area contributed by atoms with Gasteiger partial charge in [0.25, 0.3) is 0 Å². The molecule has 2 aliphatic rings. The van der Waals surface area contributed by atoms with Gasteiger partial charge in [-0.2, -0.15) is 0 Å². The van der Waals surface area contributed by atoms with Crippen molar-refractivity contribution in [1.82, 2.24) is 0 Å². The normalized spacial score (nSPS) is 18.8. The maximum atomic E-state index is 12.2. The number of unbranched alkanes of at least 4 members (excludes halogenated alkanes) is 2. The lowest BCUT2D eigenvalue weighted by atomic mass is 9.84. The third-order valence-electron chi connectivity index (χ3n) is 5.46. The van der Waals surface area contributed by atoms with Gasteiger partial charge in [-0.05, 0) is 18.8 Å². The van der Waals surface area contributed by atoms with Gasteiger partial charge in [-0.25, -0.2) is 0 Å². The van der Waals surface area contributed by atoms with Gasteiger partial charge in [0.15, 0.2) is 0 Å². The van der Waals surface area contributed by atoms with Crippen LogP contribution in [-0.4, -0.2) is 16.7 Å². The maximum Gasteiger partial charge on any atom is 0.234 e. The Morgan fingerprint density at radius 2 is 1.58 bits per heavy atom. The van der Waals surface area contributed by atoms with E-state index in [-0.39, 0.29) is 5.76 Å². The number of ketones is 2. The molecule has 1 saturated carbocycles. The zero-order chi connectivity index (χ0) is 16.9. The van der Waals surface area contributed by atoms with Crippen molar-refractivity contribution in [2.45, 2.75) is 64.2 Å². The first-order chi connectivity index (χ1) is 11.7. The van der Waals surface area contributed by atoms with Crippen LogP contribution in [0.2, 0.25) is 0 Å². The van der Waals surface area contributed by atoms with E-state index < -0.39 is 11.6 Å². The first-order valence-corrected chi connectivity index (χ1v) is 9.29. The minimum Gasteiger partial charge on any atom is -0.507 e. The Kier molecular flexibility index (Phi) is 5.49. The number of hydrogen-bond donors (Lipinski definition) is 1. The van der Waals surface area contributed by atoms with E-state index in [4.69, 9.17) is 0 Å². The Morgan fingerprint density at radius 3 is 2.33 bits per heavy atom. The van der Waals surface area contributed by atoms with Crippen LogP contribution in [0.4, 0.5) is 0 Å². The minimum absolute atomic E-state index is 0.00230. The molecule has 1 N–H and O–H groups in total.